The van der Waals surface area contributed by atoms with Gasteiger partial charge in [0.25, 0.3) is 0 Å². The number of carbonyl (C=O) groups excluding carboxylic acids is 4. The molecule has 3 aliphatic rings. The van der Waals surface area contributed by atoms with E-state index in [1.54, 1.807) is 26.0 Å². The molecule has 49 heavy (non-hydrogen) atoms. The molecule has 4 aromatic carbocycles. The lowest BCUT2D eigenvalue weighted by Crippen LogP contribution is -2.58. The third-order valence-corrected chi connectivity index (χ3v) is 10.4. The van der Waals surface area contributed by atoms with Gasteiger partial charge in [-0.15, -0.1) is 0 Å². The highest BCUT2D eigenvalue weighted by atomic mass is 16.2. The molecular weight excluding hydrogens is 612 g/mol. The summed E-state index contributed by atoms with van der Waals surface area (Å²) in [6.07, 6.45) is 0.656. The van der Waals surface area contributed by atoms with E-state index in [0.29, 0.717) is 19.4 Å². The zero-order valence-corrected chi connectivity index (χ0v) is 28.5. The first-order chi connectivity index (χ1) is 23.8. The van der Waals surface area contributed by atoms with Gasteiger partial charge in [-0.3, -0.25) is 19.2 Å². The van der Waals surface area contributed by atoms with Crippen molar-refractivity contribution in [3.63, 3.8) is 0 Å². The van der Waals surface area contributed by atoms with Crippen LogP contribution in [0.3, 0.4) is 0 Å². The lowest BCUT2D eigenvalue weighted by Gasteiger charge is -2.51. The van der Waals surface area contributed by atoms with Crippen LogP contribution in [0, 0.1) is 11.8 Å². The van der Waals surface area contributed by atoms with Gasteiger partial charge in [0.15, 0.2) is 0 Å². The molecule has 3 aliphatic carbocycles. The van der Waals surface area contributed by atoms with Gasteiger partial charge in [-0.1, -0.05) is 109 Å². The number of amides is 4. The molecule has 2 N–H and O–H groups in total. The lowest BCUT2D eigenvalue weighted by atomic mass is 9.53. The first-order valence-corrected chi connectivity index (χ1v) is 17.0. The number of hydrogen-bond acceptors (Lipinski definition) is 4. The van der Waals surface area contributed by atoms with Crippen LogP contribution in [0.25, 0.3) is 0 Å². The fourth-order valence-corrected chi connectivity index (χ4v) is 7.99. The summed E-state index contributed by atoms with van der Waals surface area (Å²) >= 11 is 0. The molecule has 8 nitrogen and oxygen atoms in total. The quantitative estimate of drug-likeness (QED) is 0.248. The van der Waals surface area contributed by atoms with Gasteiger partial charge in [0.05, 0.1) is 11.8 Å². The van der Waals surface area contributed by atoms with Crippen molar-refractivity contribution >= 4 is 23.6 Å². The standard InChI is InChI=1S/C41H44N4O4/c1-5-43-39(47)33(25-27-18-10-7-11-19-27)45(4)41(49)37-35-30-22-14-12-20-28(30)34(29-21-13-15-23-31(29)35)36(37)40(48)44(3)32(38(46)42-2)24-26-16-8-6-9-17-26/h6-23,32-37H,5,24-25H2,1-4H3,(H,42,46)(H,43,47)/t32-,33-,34?,35?,36-,37+/m0/s1. The largest absolute Gasteiger partial charge is 0.357 e. The number of nitrogens with one attached hydrogen (secondary N) is 2. The van der Waals surface area contributed by atoms with Crippen LogP contribution in [0.1, 0.15) is 52.1 Å². The van der Waals surface area contributed by atoms with Gasteiger partial charge < -0.3 is 20.4 Å². The molecule has 0 unspecified atom stereocenters. The van der Waals surface area contributed by atoms with E-state index in [9.17, 15) is 9.59 Å². The average Bonchev–Trinajstić information content (AvgIpc) is 3.15. The molecular formula is C41H44N4O4. The van der Waals surface area contributed by atoms with E-state index in [0.717, 1.165) is 33.4 Å². The van der Waals surface area contributed by atoms with E-state index >= 15 is 9.59 Å². The van der Waals surface area contributed by atoms with Gasteiger partial charge in [0, 0.05) is 52.4 Å². The van der Waals surface area contributed by atoms with Gasteiger partial charge >= 0.3 is 0 Å². The summed E-state index contributed by atoms with van der Waals surface area (Å²) in [7, 11) is 4.92. The van der Waals surface area contributed by atoms with Gasteiger partial charge in [0.1, 0.15) is 12.1 Å². The number of carbonyl (C=O) groups is 4. The van der Waals surface area contributed by atoms with E-state index in [2.05, 4.69) is 34.9 Å². The number of fused-ring (bicyclic) bond motifs is 1. The molecule has 0 radical (unpaired) electrons. The van der Waals surface area contributed by atoms with Crippen molar-refractivity contribution in [1.82, 2.24) is 20.4 Å². The van der Waals surface area contributed by atoms with Gasteiger partial charge in [-0.2, -0.15) is 0 Å². The van der Waals surface area contributed by atoms with E-state index in [-0.39, 0.29) is 23.6 Å². The monoisotopic (exact) mass is 656 g/mol. The molecule has 7 rings (SSSR count). The number of likely N-dealkylation sites (N-methyl/N-ethyl adjacent to an activating group) is 4. The molecule has 0 aliphatic heterocycles. The Morgan fingerprint density at radius 3 is 1.27 bits per heavy atom. The van der Waals surface area contributed by atoms with Crippen molar-refractivity contribution in [2.45, 2.75) is 43.7 Å². The molecule has 252 valence electrons. The molecule has 0 fully saturated rings. The summed E-state index contributed by atoms with van der Waals surface area (Å²) < 4.78 is 0. The van der Waals surface area contributed by atoms with Gasteiger partial charge in [-0.05, 0) is 40.3 Å². The Balaban J connectivity index is 1.45. The predicted molar refractivity (Wildman–Crippen MR) is 190 cm³/mol. The van der Waals surface area contributed by atoms with Crippen LogP contribution in [0.4, 0.5) is 0 Å². The normalized spacial score (nSPS) is 19.8. The van der Waals surface area contributed by atoms with Crippen LogP contribution in [-0.2, 0) is 32.0 Å². The summed E-state index contributed by atoms with van der Waals surface area (Å²) in [4.78, 5) is 60.3. The van der Waals surface area contributed by atoms with E-state index in [1.807, 2.05) is 91.9 Å². The van der Waals surface area contributed by atoms with E-state index in [4.69, 9.17) is 0 Å². The van der Waals surface area contributed by atoms with Gasteiger partial charge in [-0.25, -0.2) is 0 Å². The summed E-state index contributed by atoms with van der Waals surface area (Å²) in [6.45, 7) is 2.28. The lowest BCUT2D eigenvalue weighted by molar-refractivity contribution is -0.152. The molecule has 4 aromatic rings. The first kappa shape index (κ1) is 33.7. The Kier molecular flexibility index (Phi) is 9.95. The summed E-state index contributed by atoms with van der Waals surface area (Å²) in [5, 5.41) is 5.68. The van der Waals surface area contributed by atoms with Crippen LogP contribution in [0.15, 0.2) is 109 Å². The maximum absolute atomic E-state index is 15.1. The second-order valence-electron chi connectivity index (χ2n) is 13.1. The average molecular weight is 657 g/mol. The highest BCUT2D eigenvalue weighted by Gasteiger charge is 2.57. The summed E-state index contributed by atoms with van der Waals surface area (Å²) in [5.74, 6) is -3.48. The van der Waals surface area contributed by atoms with Crippen molar-refractivity contribution in [2.24, 2.45) is 11.8 Å². The first-order valence-electron chi connectivity index (χ1n) is 17.0. The highest BCUT2D eigenvalue weighted by molar-refractivity contribution is 5.96. The topological polar surface area (TPSA) is 98.8 Å². The third-order valence-electron chi connectivity index (χ3n) is 10.4. The Bertz CT molecular complexity index is 1780. The maximum Gasteiger partial charge on any atom is 0.243 e. The van der Waals surface area contributed by atoms with Crippen LogP contribution in [-0.4, -0.2) is 73.2 Å². The highest BCUT2D eigenvalue weighted by Crippen LogP contribution is 2.59. The van der Waals surface area contributed by atoms with Crippen LogP contribution < -0.4 is 10.6 Å². The molecule has 0 saturated heterocycles. The molecule has 0 aromatic heterocycles. The van der Waals surface area contributed by atoms with Crippen molar-refractivity contribution < 1.29 is 19.2 Å². The van der Waals surface area contributed by atoms with Crippen molar-refractivity contribution in [2.75, 3.05) is 27.7 Å². The van der Waals surface area contributed by atoms with Crippen molar-refractivity contribution in [3.8, 4) is 0 Å². The molecule has 2 bridgehead atoms. The Labute approximate surface area is 288 Å². The second kappa shape index (κ2) is 14.5. The Hall–Kier alpha value is -5.24. The van der Waals surface area contributed by atoms with Crippen molar-refractivity contribution in [3.05, 3.63) is 143 Å². The Morgan fingerprint density at radius 1 is 0.571 bits per heavy atom. The molecule has 8 heteroatoms. The third kappa shape index (κ3) is 6.35. The number of nitrogens with zero attached hydrogens (tertiary/aromatic N) is 2. The molecule has 0 spiro atoms. The fraction of sp³-hybridized carbons (Fsp3) is 0.317. The molecule has 4 amide bonds. The summed E-state index contributed by atoms with van der Waals surface area (Å²) in [6, 6.07) is 33.8. The second-order valence-corrected chi connectivity index (χ2v) is 13.1. The maximum atomic E-state index is 15.1. The predicted octanol–water partition coefficient (Wildman–Crippen LogP) is 4.53. The minimum Gasteiger partial charge on any atom is -0.357 e. The Morgan fingerprint density at radius 2 is 0.918 bits per heavy atom. The van der Waals surface area contributed by atoms with Crippen molar-refractivity contribution in [1.29, 1.82) is 0 Å². The number of benzene rings is 4. The van der Waals surface area contributed by atoms with E-state index < -0.39 is 35.8 Å². The molecule has 0 heterocycles. The smallest absolute Gasteiger partial charge is 0.243 e. The van der Waals surface area contributed by atoms with E-state index in [1.165, 1.54) is 4.90 Å². The number of rotatable bonds is 11. The SMILES string of the molecule is CCNC(=O)[C@H](Cc1ccccc1)N(C)C(=O)[C@@H]1C2c3ccccc3C(c3ccccc32)[C@@H]1C(=O)N(C)[C@@H](Cc1ccccc1)C(=O)NC. The van der Waals surface area contributed by atoms with Crippen LogP contribution >= 0.6 is 0 Å². The zero-order chi connectivity index (χ0) is 34.7. The van der Waals surface area contributed by atoms with Crippen LogP contribution in [0.5, 0.6) is 0 Å². The minimum atomic E-state index is -0.802. The van der Waals surface area contributed by atoms with Crippen LogP contribution in [0.2, 0.25) is 0 Å². The molecule has 4 atom stereocenters. The summed E-state index contributed by atoms with van der Waals surface area (Å²) in [5.41, 5.74) is 5.95. The molecule has 0 saturated carbocycles. The number of hydrogen-bond donors (Lipinski definition) is 2. The minimum absolute atomic E-state index is 0.244. The van der Waals surface area contributed by atoms with Gasteiger partial charge in [0.2, 0.25) is 23.6 Å². The fourth-order valence-electron chi connectivity index (χ4n) is 7.99. The zero-order valence-electron chi connectivity index (χ0n) is 28.5.